The third kappa shape index (κ3) is 4.90. The van der Waals surface area contributed by atoms with Crippen LogP contribution in [0, 0.1) is 0 Å². The summed E-state index contributed by atoms with van der Waals surface area (Å²) in [5.41, 5.74) is 1.40. The van der Waals surface area contributed by atoms with E-state index in [4.69, 9.17) is 20.9 Å². The van der Waals surface area contributed by atoms with Gasteiger partial charge in [-0.05, 0) is 29.8 Å². The Balaban J connectivity index is 1.45. The summed E-state index contributed by atoms with van der Waals surface area (Å²) in [6.45, 7) is -0.560. The van der Waals surface area contributed by atoms with Gasteiger partial charge in [0.15, 0.2) is 0 Å². The molecular weight excluding hydrogens is 404 g/mol. The van der Waals surface area contributed by atoms with Crippen LogP contribution in [-0.4, -0.2) is 41.3 Å². The molecule has 0 amide bonds. The van der Waals surface area contributed by atoms with E-state index < -0.39 is 6.61 Å². The summed E-state index contributed by atoms with van der Waals surface area (Å²) in [6, 6.07) is 13.9. The van der Waals surface area contributed by atoms with Crippen LogP contribution < -0.4 is 4.74 Å². The molecular formula is C20H18ClF2N3O3. The fraction of sp³-hybridized carbons (Fsp3) is 0.300. The number of hydrogen-bond donors (Lipinski definition) is 0. The van der Waals surface area contributed by atoms with Gasteiger partial charge in [-0.3, -0.25) is 4.90 Å². The maximum Gasteiger partial charge on any atom is 0.387 e. The number of alkyl halides is 2. The average molecular weight is 422 g/mol. The zero-order valence-corrected chi connectivity index (χ0v) is 16.1. The van der Waals surface area contributed by atoms with Gasteiger partial charge in [-0.1, -0.05) is 41.0 Å². The van der Waals surface area contributed by atoms with Crippen molar-refractivity contribution in [2.45, 2.75) is 19.3 Å². The van der Waals surface area contributed by atoms with Crippen LogP contribution in [0.2, 0.25) is 5.02 Å². The summed E-state index contributed by atoms with van der Waals surface area (Å²) in [5.74, 6) is 0.603. The van der Waals surface area contributed by atoms with Gasteiger partial charge in [-0.15, -0.1) is 0 Å². The van der Waals surface area contributed by atoms with Crippen LogP contribution in [0.5, 0.6) is 5.75 Å². The molecule has 1 aliphatic rings. The molecule has 1 aliphatic heterocycles. The number of hydrogen-bond acceptors (Lipinski definition) is 6. The third-order valence-corrected chi connectivity index (χ3v) is 4.82. The number of nitrogens with zero attached hydrogens (tertiary/aromatic N) is 3. The molecule has 0 bridgehead atoms. The molecule has 2 heterocycles. The molecule has 1 saturated heterocycles. The minimum absolute atomic E-state index is 0.00373. The predicted octanol–water partition coefficient (Wildman–Crippen LogP) is 4.56. The molecule has 6 nitrogen and oxygen atoms in total. The normalized spacial score (nSPS) is 17.6. The summed E-state index contributed by atoms with van der Waals surface area (Å²) in [7, 11) is 0. The Labute approximate surface area is 171 Å². The van der Waals surface area contributed by atoms with Crippen LogP contribution in [0.4, 0.5) is 8.78 Å². The largest absolute Gasteiger partial charge is 0.434 e. The first-order valence-electron chi connectivity index (χ1n) is 9.05. The van der Waals surface area contributed by atoms with Gasteiger partial charge in [-0.25, -0.2) is 0 Å². The van der Waals surface area contributed by atoms with Crippen molar-refractivity contribution in [1.82, 2.24) is 15.0 Å². The van der Waals surface area contributed by atoms with Crippen molar-refractivity contribution in [2.24, 2.45) is 0 Å². The summed E-state index contributed by atoms with van der Waals surface area (Å²) < 4.78 is 41.0. The zero-order chi connectivity index (χ0) is 20.2. The molecule has 3 aromatic rings. The van der Waals surface area contributed by atoms with Gasteiger partial charge in [0.1, 0.15) is 5.75 Å². The van der Waals surface area contributed by atoms with Gasteiger partial charge in [0.25, 0.3) is 0 Å². The van der Waals surface area contributed by atoms with Gasteiger partial charge in [0.05, 0.1) is 24.8 Å². The highest BCUT2D eigenvalue weighted by Gasteiger charge is 2.24. The van der Waals surface area contributed by atoms with E-state index in [1.54, 1.807) is 18.2 Å². The van der Waals surface area contributed by atoms with E-state index >= 15 is 0 Å². The lowest BCUT2D eigenvalue weighted by Gasteiger charge is -2.32. The van der Waals surface area contributed by atoms with Gasteiger partial charge < -0.3 is 14.0 Å². The molecule has 9 heteroatoms. The first-order valence-corrected chi connectivity index (χ1v) is 9.42. The number of morpholine rings is 1. The van der Waals surface area contributed by atoms with Gasteiger partial charge in [0.2, 0.25) is 11.7 Å². The monoisotopic (exact) mass is 421 g/mol. The first-order chi connectivity index (χ1) is 14.1. The standard InChI is InChI=1S/C20H18ClF2N3O3/c21-14-7-5-13(6-8-14)17-11-26(9-10-27-17)12-18-24-19(25-29-18)15-3-1-2-4-16(15)28-20(22)23/h1-8,17,20H,9-12H2. The second kappa shape index (κ2) is 8.86. The molecule has 0 aliphatic carbocycles. The molecule has 1 aromatic heterocycles. The minimum Gasteiger partial charge on any atom is -0.434 e. The Hall–Kier alpha value is -2.55. The lowest BCUT2D eigenvalue weighted by atomic mass is 10.1. The molecule has 152 valence electrons. The van der Waals surface area contributed by atoms with Crippen LogP contribution in [0.1, 0.15) is 17.6 Å². The van der Waals surface area contributed by atoms with E-state index in [0.29, 0.717) is 42.7 Å². The average Bonchev–Trinajstić information content (AvgIpc) is 3.17. The van der Waals surface area contributed by atoms with Gasteiger partial charge in [-0.2, -0.15) is 13.8 Å². The molecule has 1 fully saturated rings. The Kier molecular flexibility index (Phi) is 6.03. The maximum absolute atomic E-state index is 12.6. The molecule has 1 atom stereocenters. The topological polar surface area (TPSA) is 60.6 Å². The number of ether oxygens (including phenoxy) is 2. The van der Waals surface area contributed by atoms with Crippen molar-refractivity contribution < 1.29 is 22.8 Å². The van der Waals surface area contributed by atoms with E-state index in [-0.39, 0.29) is 17.7 Å². The van der Waals surface area contributed by atoms with Crippen LogP contribution in [-0.2, 0) is 11.3 Å². The number of para-hydroxylation sites is 1. The van der Waals surface area contributed by atoms with Gasteiger partial charge >= 0.3 is 6.61 Å². The zero-order valence-electron chi connectivity index (χ0n) is 15.3. The fourth-order valence-corrected chi connectivity index (χ4v) is 3.32. The fourth-order valence-electron chi connectivity index (χ4n) is 3.20. The number of benzene rings is 2. The number of aromatic nitrogens is 2. The van der Waals surface area contributed by atoms with Crippen molar-refractivity contribution in [1.29, 1.82) is 0 Å². The Morgan fingerprint density at radius 1 is 1.17 bits per heavy atom. The minimum atomic E-state index is -2.93. The van der Waals surface area contributed by atoms with E-state index in [1.165, 1.54) is 6.07 Å². The number of halogens is 3. The summed E-state index contributed by atoms with van der Waals surface area (Å²) in [6.07, 6.45) is -0.0800. The van der Waals surface area contributed by atoms with Crippen LogP contribution >= 0.6 is 11.6 Å². The van der Waals surface area contributed by atoms with Crippen molar-refractivity contribution in [2.75, 3.05) is 19.7 Å². The number of rotatable bonds is 6. The highest BCUT2D eigenvalue weighted by atomic mass is 35.5. The molecule has 0 saturated carbocycles. The smallest absolute Gasteiger partial charge is 0.387 e. The Morgan fingerprint density at radius 3 is 2.76 bits per heavy atom. The van der Waals surface area contributed by atoms with Crippen LogP contribution in [0.3, 0.4) is 0 Å². The SMILES string of the molecule is FC(F)Oc1ccccc1-c1noc(CN2CCOC(c3ccc(Cl)cc3)C2)n1. The van der Waals surface area contributed by atoms with Crippen LogP contribution in [0.25, 0.3) is 11.4 Å². The molecule has 0 N–H and O–H groups in total. The third-order valence-electron chi connectivity index (χ3n) is 4.56. The summed E-state index contributed by atoms with van der Waals surface area (Å²) in [5, 5.41) is 4.60. The molecule has 29 heavy (non-hydrogen) atoms. The van der Waals surface area contributed by atoms with Crippen molar-refractivity contribution in [3.8, 4) is 17.1 Å². The van der Waals surface area contributed by atoms with Crippen molar-refractivity contribution in [3.63, 3.8) is 0 Å². The van der Waals surface area contributed by atoms with E-state index in [1.807, 2.05) is 24.3 Å². The summed E-state index contributed by atoms with van der Waals surface area (Å²) >= 11 is 5.95. The molecule has 2 aromatic carbocycles. The lowest BCUT2D eigenvalue weighted by Crippen LogP contribution is -2.37. The molecule has 4 rings (SSSR count). The first kappa shape index (κ1) is 19.8. The predicted molar refractivity (Wildman–Crippen MR) is 102 cm³/mol. The second-order valence-corrected chi connectivity index (χ2v) is 6.97. The van der Waals surface area contributed by atoms with E-state index in [2.05, 4.69) is 19.8 Å². The highest BCUT2D eigenvalue weighted by molar-refractivity contribution is 6.30. The van der Waals surface area contributed by atoms with E-state index in [0.717, 1.165) is 5.56 Å². The van der Waals surface area contributed by atoms with Crippen molar-refractivity contribution >= 4 is 11.6 Å². The van der Waals surface area contributed by atoms with Crippen molar-refractivity contribution in [3.05, 3.63) is 65.0 Å². The molecule has 1 unspecified atom stereocenters. The maximum atomic E-state index is 12.6. The van der Waals surface area contributed by atoms with Crippen LogP contribution in [0.15, 0.2) is 53.1 Å². The molecule has 0 radical (unpaired) electrons. The summed E-state index contributed by atoms with van der Waals surface area (Å²) in [4.78, 5) is 6.49. The second-order valence-electron chi connectivity index (χ2n) is 6.53. The molecule has 0 spiro atoms. The van der Waals surface area contributed by atoms with E-state index in [9.17, 15) is 8.78 Å². The Morgan fingerprint density at radius 2 is 1.97 bits per heavy atom. The lowest BCUT2D eigenvalue weighted by molar-refractivity contribution is -0.0494. The highest BCUT2D eigenvalue weighted by Crippen LogP contribution is 2.29. The quantitative estimate of drug-likeness (QED) is 0.581. The Bertz CT molecular complexity index is 952. The van der Waals surface area contributed by atoms with Gasteiger partial charge in [0, 0.05) is 18.1 Å².